The molecule has 0 aliphatic heterocycles. The first-order valence-electron chi connectivity index (χ1n) is 4.81. The molecule has 3 nitrogen and oxygen atoms in total. The molecule has 0 aromatic rings. The first-order valence-corrected chi connectivity index (χ1v) is 4.81. The van der Waals surface area contributed by atoms with Gasteiger partial charge in [-0.3, -0.25) is 0 Å². The third kappa shape index (κ3) is 11.6. The van der Waals surface area contributed by atoms with Crippen LogP contribution in [0.4, 0.5) is 0 Å². The van der Waals surface area contributed by atoms with Gasteiger partial charge in [0.1, 0.15) is 0 Å². The lowest BCUT2D eigenvalue weighted by Crippen LogP contribution is -2.28. The smallest absolute Gasteiger partial charge is 0.0591 e. The molecule has 0 rings (SSSR count). The van der Waals surface area contributed by atoms with Crippen molar-refractivity contribution in [2.45, 2.75) is 6.42 Å². The van der Waals surface area contributed by atoms with E-state index in [1.165, 1.54) is 0 Å². The highest BCUT2D eigenvalue weighted by Crippen LogP contribution is 1.81. The number of nitrogens with one attached hydrogen (secondary N) is 1. The zero-order valence-electron chi connectivity index (χ0n) is 8.88. The summed E-state index contributed by atoms with van der Waals surface area (Å²) in [4.78, 5) is 2.16. The number of hydrogen-bond acceptors (Lipinski definition) is 3. The Kier molecular flexibility index (Phi) is 9.42. The molecule has 0 amide bonds. The topological polar surface area (TPSA) is 24.5 Å². The Morgan fingerprint density at radius 3 is 2.69 bits per heavy atom. The number of hydrogen-bond donors (Lipinski definition) is 1. The van der Waals surface area contributed by atoms with Crippen molar-refractivity contribution in [2.75, 3.05) is 46.9 Å². The lowest BCUT2D eigenvalue weighted by atomic mass is 10.4. The second-order valence-corrected chi connectivity index (χ2v) is 3.24. The van der Waals surface area contributed by atoms with Crippen LogP contribution in [0.15, 0.2) is 12.7 Å². The van der Waals surface area contributed by atoms with Crippen LogP contribution in [0.1, 0.15) is 6.42 Å². The van der Waals surface area contributed by atoms with E-state index in [2.05, 4.69) is 30.9 Å². The van der Waals surface area contributed by atoms with Gasteiger partial charge >= 0.3 is 0 Å². The molecule has 0 bridgehead atoms. The third-order valence-corrected chi connectivity index (χ3v) is 1.63. The molecule has 0 saturated heterocycles. The van der Waals surface area contributed by atoms with Crippen molar-refractivity contribution in [3.05, 3.63) is 12.7 Å². The van der Waals surface area contributed by atoms with Crippen LogP contribution >= 0.6 is 0 Å². The van der Waals surface area contributed by atoms with Crippen molar-refractivity contribution in [1.29, 1.82) is 0 Å². The van der Waals surface area contributed by atoms with Crippen LogP contribution in [0.25, 0.3) is 0 Å². The van der Waals surface area contributed by atoms with Crippen molar-refractivity contribution < 1.29 is 4.74 Å². The fraction of sp³-hybridized carbons (Fsp3) is 0.800. The fourth-order valence-electron chi connectivity index (χ4n) is 0.841. The predicted octanol–water partition coefficient (Wildman–Crippen LogP) is 0.730. The quantitative estimate of drug-likeness (QED) is 0.424. The molecule has 0 fully saturated rings. The molecule has 0 aromatic heterocycles. The molecule has 0 radical (unpaired) electrons. The summed E-state index contributed by atoms with van der Waals surface area (Å²) in [5, 5.41) is 3.30. The first kappa shape index (κ1) is 12.6. The highest BCUT2D eigenvalue weighted by atomic mass is 16.5. The lowest BCUT2D eigenvalue weighted by molar-refractivity contribution is 0.140. The van der Waals surface area contributed by atoms with Gasteiger partial charge in [-0.1, -0.05) is 6.08 Å². The van der Waals surface area contributed by atoms with E-state index < -0.39 is 0 Å². The zero-order valence-corrected chi connectivity index (χ0v) is 8.88. The number of nitrogens with zero attached hydrogens (tertiary/aromatic N) is 1. The molecule has 0 aromatic carbocycles. The molecule has 0 aliphatic rings. The first-order chi connectivity index (χ1) is 6.27. The van der Waals surface area contributed by atoms with E-state index in [-0.39, 0.29) is 0 Å². The Morgan fingerprint density at radius 1 is 1.31 bits per heavy atom. The van der Waals surface area contributed by atoms with Gasteiger partial charge in [0.2, 0.25) is 0 Å². The van der Waals surface area contributed by atoms with Crippen LogP contribution in [0.3, 0.4) is 0 Å². The van der Waals surface area contributed by atoms with Crippen molar-refractivity contribution in [2.24, 2.45) is 0 Å². The molecule has 0 heterocycles. The van der Waals surface area contributed by atoms with Gasteiger partial charge in [0.25, 0.3) is 0 Å². The Morgan fingerprint density at radius 2 is 2.08 bits per heavy atom. The van der Waals surface area contributed by atoms with Gasteiger partial charge in [-0.15, -0.1) is 6.58 Å². The SMILES string of the molecule is C=CCCOCCNCCN(C)C. The van der Waals surface area contributed by atoms with Gasteiger partial charge in [-0.2, -0.15) is 0 Å². The highest BCUT2D eigenvalue weighted by molar-refractivity contribution is 4.64. The van der Waals surface area contributed by atoms with E-state index >= 15 is 0 Å². The Bertz CT molecular complexity index is 115. The predicted molar refractivity (Wildman–Crippen MR) is 57.1 cm³/mol. The molecule has 1 N–H and O–H groups in total. The van der Waals surface area contributed by atoms with Crippen LogP contribution in [0.5, 0.6) is 0 Å². The molecule has 0 aliphatic carbocycles. The van der Waals surface area contributed by atoms with Gasteiger partial charge < -0.3 is 15.0 Å². The number of rotatable bonds is 9. The van der Waals surface area contributed by atoms with Crippen LogP contribution < -0.4 is 5.32 Å². The van der Waals surface area contributed by atoms with Crippen LogP contribution in [-0.4, -0.2) is 51.8 Å². The summed E-state index contributed by atoms with van der Waals surface area (Å²) in [6.45, 7) is 8.25. The molecule has 0 atom stereocenters. The van der Waals surface area contributed by atoms with E-state index in [1.807, 2.05) is 6.08 Å². The van der Waals surface area contributed by atoms with Gasteiger partial charge in [0, 0.05) is 19.6 Å². The molecule has 3 heteroatoms. The fourth-order valence-corrected chi connectivity index (χ4v) is 0.841. The number of ether oxygens (including phenoxy) is 1. The molecule has 0 unspecified atom stereocenters. The van der Waals surface area contributed by atoms with Gasteiger partial charge in [-0.05, 0) is 20.5 Å². The van der Waals surface area contributed by atoms with Gasteiger partial charge in [0.15, 0.2) is 0 Å². The third-order valence-electron chi connectivity index (χ3n) is 1.63. The Labute approximate surface area is 81.8 Å². The maximum Gasteiger partial charge on any atom is 0.0591 e. The summed E-state index contributed by atoms with van der Waals surface area (Å²) < 4.78 is 5.33. The maximum atomic E-state index is 5.33. The summed E-state index contributed by atoms with van der Waals surface area (Å²) in [6, 6.07) is 0. The van der Waals surface area contributed by atoms with E-state index in [9.17, 15) is 0 Å². The maximum absolute atomic E-state index is 5.33. The Balaban J connectivity index is 2.87. The average molecular weight is 186 g/mol. The second kappa shape index (κ2) is 9.71. The van der Waals surface area contributed by atoms with Crippen LogP contribution in [0.2, 0.25) is 0 Å². The van der Waals surface area contributed by atoms with Crippen molar-refractivity contribution in [1.82, 2.24) is 10.2 Å². The van der Waals surface area contributed by atoms with Crippen molar-refractivity contribution in [3.63, 3.8) is 0 Å². The average Bonchev–Trinajstić information content (AvgIpc) is 2.09. The zero-order chi connectivity index (χ0) is 9.94. The minimum Gasteiger partial charge on any atom is -0.380 e. The summed E-state index contributed by atoms with van der Waals surface area (Å²) in [6.07, 6.45) is 2.82. The number of likely N-dealkylation sites (N-methyl/N-ethyl adjacent to an activating group) is 1. The summed E-state index contributed by atoms with van der Waals surface area (Å²) in [5.41, 5.74) is 0. The molecule has 13 heavy (non-hydrogen) atoms. The van der Waals surface area contributed by atoms with E-state index in [0.29, 0.717) is 0 Å². The summed E-state index contributed by atoms with van der Waals surface area (Å²) in [5.74, 6) is 0. The Hall–Kier alpha value is -0.380. The van der Waals surface area contributed by atoms with E-state index in [4.69, 9.17) is 4.74 Å². The van der Waals surface area contributed by atoms with Crippen molar-refractivity contribution in [3.8, 4) is 0 Å². The molecule has 0 spiro atoms. The van der Waals surface area contributed by atoms with E-state index in [0.717, 1.165) is 39.3 Å². The molecule has 0 saturated carbocycles. The van der Waals surface area contributed by atoms with Gasteiger partial charge in [-0.25, -0.2) is 0 Å². The summed E-state index contributed by atoms with van der Waals surface area (Å²) in [7, 11) is 4.14. The van der Waals surface area contributed by atoms with Crippen LogP contribution in [0, 0.1) is 0 Å². The summed E-state index contributed by atoms with van der Waals surface area (Å²) >= 11 is 0. The van der Waals surface area contributed by atoms with Gasteiger partial charge in [0.05, 0.1) is 13.2 Å². The molecule has 78 valence electrons. The minimum atomic E-state index is 0.791. The van der Waals surface area contributed by atoms with Crippen LogP contribution in [-0.2, 0) is 4.74 Å². The highest BCUT2D eigenvalue weighted by Gasteiger charge is 1.89. The molecular weight excluding hydrogens is 164 g/mol. The van der Waals surface area contributed by atoms with E-state index in [1.54, 1.807) is 0 Å². The second-order valence-electron chi connectivity index (χ2n) is 3.24. The standard InChI is InChI=1S/C10H22N2O/c1-4-5-9-13-10-7-11-6-8-12(2)3/h4,11H,1,5-10H2,2-3H3. The molecular formula is C10H22N2O. The lowest BCUT2D eigenvalue weighted by Gasteiger charge is -2.10. The monoisotopic (exact) mass is 186 g/mol. The largest absolute Gasteiger partial charge is 0.380 e. The minimum absolute atomic E-state index is 0.791. The normalized spacial score (nSPS) is 10.7. The van der Waals surface area contributed by atoms with Crippen molar-refractivity contribution >= 4 is 0 Å².